The molecule has 1 aromatic heterocycles. The van der Waals surface area contributed by atoms with Crippen molar-refractivity contribution in [2.45, 2.75) is 19.0 Å². The van der Waals surface area contributed by atoms with Gasteiger partial charge in [-0.15, -0.1) is 10.2 Å². The van der Waals surface area contributed by atoms with Gasteiger partial charge in [-0.1, -0.05) is 35.5 Å². The second-order valence-electron chi connectivity index (χ2n) is 7.28. The molecule has 3 aromatic carbocycles. The number of carbonyl (C=O) groups is 1. The summed E-state index contributed by atoms with van der Waals surface area (Å²) in [5.41, 5.74) is 3.65. The molecule has 0 saturated heterocycles. The number of nitrogens with one attached hydrogen (secondary N) is 1. The Morgan fingerprint density at radius 1 is 1.06 bits per heavy atom. The number of halogens is 1. The van der Waals surface area contributed by atoms with Gasteiger partial charge in [0.1, 0.15) is 5.75 Å². The lowest BCUT2D eigenvalue weighted by Crippen LogP contribution is -2.14. The van der Waals surface area contributed by atoms with Crippen molar-refractivity contribution >= 4 is 35.0 Å². The zero-order valence-corrected chi connectivity index (χ0v) is 19.9. The van der Waals surface area contributed by atoms with Crippen LogP contribution in [0.25, 0.3) is 17.1 Å². The summed E-state index contributed by atoms with van der Waals surface area (Å²) >= 11 is 7.39. The third kappa shape index (κ3) is 5.74. The Morgan fingerprint density at radius 3 is 2.52 bits per heavy atom. The van der Waals surface area contributed by atoms with Crippen molar-refractivity contribution in [3.63, 3.8) is 0 Å². The Labute approximate surface area is 202 Å². The predicted octanol–water partition coefficient (Wildman–Crippen LogP) is 6.03. The summed E-state index contributed by atoms with van der Waals surface area (Å²) in [6.45, 7) is 4.57. The second kappa shape index (κ2) is 10.6. The summed E-state index contributed by atoms with van der Waals surface area (Å²) in [7, 11) is 0. The van der Waals surface area contributed by atoms with Crippen LogP contribution < -0.4 is 10.1 Å². The van der Waals surface area contributed by atoms with Crippen LogP contribution >= 0.6 is 23.4 Å². The lowest BCUT2D eigenvalue weighted by Gasteiger charge is -2.11. The molecule has 4 rings (SSSR count). The molecule has 168 valence electrons. The van der Waals surface area contributed by atoms with Gasteiger partial charge >= 0.3 is 0 Å². The third-order valence-corrected chi connectivity index (χ3v) is 5.96. The van der Waals surface area contributed by atoms with Crippen LogP contribution in [0.15, 0.2) is 78.0 Å². The first-order valence-electron chi connectivity index (χ1n) is 10.5. The number of aromatic nitrogens is 3. The Kier molecular flexibility index (Phi) is 7.32. The van der Waals surface area contributed by atoms with Gasteiger partial charge in [0.25, 0.3) is 0 Å². The number of rotatable bonds is 8. The molecule has 8 heteroatoms. The predicted molar refractivity (Wildman–Crippen MR) is 134 cm³/mol. The number of amides is 1. The minimum absolute atomic E-state index is 0.129. The fourth-order valence-electron chi connectivity index (χ4n) is 3.28. The number of ether oxygens (including phenoxy) is 1. The molecule has 0 saturated carbocycles. The van der Waals surface area contributed by atoms with E-state index < -0.39 is 0 Å². The van der Waals surface area contributed by atoms with E-state index in [0.29, 0.717) is 28.3 Å². The van der Waals surface area contributed by atoms with Crippen molar-refractivity contribution in [1.29, 1.82) is 0 Å². The number of anilines is 1. The summed E-state index contributed by atoms with van der Waals surface area (Å²) in [6.07, 6.45) is 0. The van der Waals surface area contributed by atoms with Crippen LogP contribution in [0.5, 0.6) is 5.75 Å². The smallest absolute Gasteiger partial charge is 0.234 e. The number of hydrogen-bond donors (Lipinski definition) is 1. The van der Waals surface area contributed by atoms with Gasteiger partial charge in [-0.05, 0) is 80.1 Å². The van der Waals surface area contributed by atoms with Crippen LogP contribution in [0, 0.1) is 6.92 Å². The SMILES string of the molecule is CCOc1ccc(NC(=O)CSc2nnc(-c3ccc(Cl)cc3)n2-c2cccc(C)c2)cc1. The zero-order chi connectivity index (χ0) is 23.2. The van der Waals surface area contributed by atoms with Gasteiger partial charge in [-0.2, -0.15) is 0 Å². The fraction of sp³-hybridized carbons (Fsp3) is 0.160. The maximum Gasteiger partial charge on any atom is 0.234 e. The minimum atomic E-state index is -0.129. The van der Waals surface area contributed by atoms with Gasteiger partial charge in [0.2, 0.25) is 5.91 Å². The van der Waals surface area contributed by atoms with Crippen LogP contribution in [-0.4, -0.2) is 33.0 Å². The maximum atomic E-state index is 12.6. The van der Waals surface area contributed by atoms with E-state index in [9.17, 15) is 4.79 Å². The topological polar surface area (TPSA) is 69.0 Å². The average molecular weight is 479 g/mol. The first-order chi connectivity index (χ1) is 16.0. The van der Waals surface area contributed by atoms with Crippen molar-refractivity contribution < 1.29 is 9.53 Å². The summed E-state index contributed by atoms with van der Waals surface area (Å²) in [6, 6.07) is 22.9. The van der Waals surface area contributed by atoms with Crippen LogP contribution in [0.4, 0.5) is 5.69 Å². The van der Waals surface area contributed by atoms with E-state index >= 15 is 0 Å². The van der Waals surface area contributed by atoms with E-state index in [4.69, 9.17) is 16.3 Å². The van der Waals surface area contributed by atoms with Gasteiger partial charge in [0.15, 0.2) is 11.0 Å². The summed E-state index contributed by atoms with van der Waals surface area (Å²) in [4.78, 5) is 12.6. The fourth-order valence-corrected chi connectivity index (χ4v) is 4.16. The molecule has 0 fully saturated rings. The molecule has 1 amide bonds. The Bertz CT molecular complexity index is 1240. The lowest BCUT2D eigenvalue weighted by molar-refractivity contribution is -0.113. The zero-order valence-electron chi connectivity index (χ0n) is 18.3. The van der Waals surface area contributed by atoms with Gasteiger partial charge in [0.05, 0.1) is 12.4 Å². The molecule has 0 spiro atoms. The first kappa shape index (κ1) is 22.9. The third-order valence-electron chi connectivity index (χ3n) is 4.78. The number of aryl methyl sites for hydroxylation is 1. The Balaban J connectivity index is 1.54. The molecule has 0 aliphatic heterocycles. The highest BCUT2D eigenvalue weighted by Gasteiger charge is 2.17. The molecule has 4 aromatic rings. The van der Waals surface area contributed by atoms with E-state index in [1.54, 1.807) is 0 Å². The first-order valence-corrected chi connectivity index (χ1v) is 11.8. The molecule has 33 heavy (non-hydrogen) atoms. The lowest BCUT2D eigenvalue weighted by atomic mass is 10.2. The molecule has 0 unspecified atom stereocenters. The number of thioether (sulfide) groups is 1. The van der Waals surface area contributed by atoms with Crippen molar-refractivity contribution in [3.05, 3.63) is 83.4 Å². The Morgan fingerprint density at radius 2 is 1.82 bits per heavy atom. The summed E-state index contributed by atoms with van der Waals surface area (Å²) in [5.74, 6) is 1.52. The van der Waals surface area contributed by atoms with Crippen LogP contribution in [0.3, 0.4) is 0 Å². The quantitative estimate of drug-likeness (QED) is 0.313. The van der Waals surface area contributed by atoms with Gasteiger partial charge < -0.3 is 10.1 Å². The van der Waals surface area contributed by atoms with Crippen molar-refractivity contribution in [2.24, 2.45) is 0 Å². The van der Waals surface area contributed by atoms with Gasteiger partial charge in [0, 0.05) is 22.0 Å². The van der Waals surface area contributed by atoms with E-state index in [2.05, 4.69) is 21.6 Å². The van der Waals surface area contributed by atoms with Crippen LogP contribution in [-0.2, 0) is 4.79 Å². The molecule has 1 heterocycles. The number of carbonyl (C=O) groups excluding carboxylic acids is 1. The number of benzene rings is 3. The molecule has 0 aliphatic rings. The van der Waals surface area contributed by atoms with Crippen molar-refractivity contribution in [3.8, 4) is 22.8 Å². The number of hydrogen-bond acceptors (Lipinski definition) is 5. The van der Waals surface area contributed by atoms with E-state index in [-0.39, 0.29) is 11.7 Å². The van der Waals surface area contributed by atoms with Gasteiger partial charge in [-0.25, -0.2) is 0 Å². The highest BCUT2D eigenvalue weighted by Crippen LogP contribution is 2.29. The van der Waals surface area contributed by atoms with Gasteiger partial charge in [-0.3, -0.25) is 9.36 Å². The average Bonchev–Trinajstić information content (AvgIpc) is 3.24. The second-order valence-corrected chi connectivity index (χ2v) is 8.66. The largest absolute Gasteiger partial charge is 0.494 e. The highest BCUT2D eigenvalue weighted by atomic mass is 35.5. The molecule has 0 aliphatic carbocycles. The van der Waals surface area contributed by atoms with Crippen LogP contribution in [0.1, 0.15) is 12.5 Å². The monoisotopic (exact) mass is 478 g/mol. The maximum absolute atomic E-state index is 12.6. The molecule has 0 radical (unpaired) electrons. The van der Waals surface area contributed by atoms with Crippen LogP contribution in [0.2, 0.25) is 5.02 Å². The summed E-state index contributed by atoms with van der Waals surface area (Å²) < 4.78 is 7.40. The standard InChI is InChI=1S/C25H23ClN4O2S/c1-3-32-22-13-11-20(12-14-22)27-23(31)16-33-25-29-28-24(18-7-9-19(26)10-8-18)30(25)21-6-4-5-17(2)15-21/h4-15H,3,16H2,1-2H3,(H,27,31). The van der Waals surface area contributed by atoms with Crippen molar-refractivity contribution in [2.75, 3.05) is 17.7 Å². The Hall–Kier alpha value is -3.29. The van der Waals surface area contributed by atoms with E-state index in [1.165, 1.54) is 11.8 Å². The van der Waals surface area contributed by atoms with E-state index in [0.717, 1.165) is 22.6 Å². The normalized spacial score (nSPS) is 10.8. The molecular weight excluding hydrogens is 456 g/mol. The van der Waals surface area contributed by atoms with Crippen molar-refractivity contribution in [1.82, 2.24) is 14.8 Å². The molecule has 1 N–H and O–H groups in total. The minimum Gasteiger partial charge on any atom is -0.494 e. The number of nitrogens with zero attached hydrogens (tertiary/aromatic N) is 3. The molecule has 0 bridgehead atoms. The summed E-state index contributed by atoms with van der Waals surface area (Å²) in [5, 5.41) is 13.0. The molecule has 0 atom stereocenters. The molecule has 6 nitrogen and oxygen atoms in total. The highest BCUT2D eigenvalue weighted by molar-refractivity contribution is 7.99. The van der Waals surface area contributed by atoms with E-state index in [1.807, 2.05) is 85.1 Å². The molecular formula is C25H23ClN4O2S.